The molecule has 0 atom stereocenters. The van der Waals surface area contributed by atoms with Crippen LogP contribution in [-0.4, -0.2) is 16.7 Å². The minimum absolute atomic E-state index is 0.561. The van der Waals surface area contributed by atoms with Crippen LogP contribution in [0.4, 0.5) is 5.69 Å². The Labute approximate surface area is 143 Å². The molecule has 1 aliphatic rings. The molecule has 3 aromatic rings. The second-order valence-corrected chi connectivity index (χ2v) is 6.68. The summed E-state index contributed by atoms with van der Waals surface area (Å²) in [5.41, 5.74) is 4.94. The summed E-state index contributed by atoms with van der Waals surface area (Å²) < 4.78 is 6.86. The van der Waals surface area contributed by atoms with E-state index in [4.69, 9.17) is 4.42 Å². The topological polar surface area (TPSA) is 42.2 Å². The van der Waals surface area contributed by atoms with E-state index in [9.17, 15) is 0 Å². The molecule has 0 spiro atoms. The molecule has 0 N–H and O–H groups in total. The summed E-state index contributed by atoms with van der Waals surface area (Å²) in [6, 6.07) is 14.4. The van der Waals surface area contributed by atoms with Crippen LogP contribution in [0.5, 0.6) is 0 Å². The first-order chi connectivity index (χ1) is 11.2. The summed E-state index contributed by atoms with van der Waals surface area (Å²) in [5, 5.41) is 8.40. The van der Waals surface area contributed by atoms with E-state index in [1.165, 1.54) is 16.8 Å². The molecule has 0 fully saturated rings. The highest BCUT2D eigenvalue weighted by molar-refractivity contribution is 9.10. The second-order valence-electron chi connectivity index (χ2n) is 5.77. The molecule has 4 nitrogen and oxygen atoms in total. The third-order valence-electron chi connectivity index (χ3n) is 4.15. The first-order valence-corrected chi connectivity index (χ1v) is 8.42. The highest BCUT2D eigenvalue weighted by atomic mass is 79.9. The maximum Gasteiger partial charge on any atom is 0.247 e. The van der Waals surface area contributed by atoms with Gasteiger partial charge in [-0.05, 0) is 42.7 Å². The van der Waals surface area contributed by atoms with Crippen LogP contribution in [0.15, 0.2) is 51.4 Å². The third-order valence-corrected chi connectivity index (χ3v) is 4.65. The smallest absolute Gasteiger partial charge is 0.247 e. The highest BCUT2D eigenvalue weighted by Crippen LogP contribution is 2.32. The number of anilines is 1. The number of fused-ring (bicyclic) bond motifs is 1. The van der Waals surface area contributed by atoms with E-state index in [1.807, 2.05) is 24.3 Å². The van der Waals surface area contributed by atoms with E-state index in [-0.39, 0.29) is 0 Å². The Morgan fingerprint density at radius 1 is 1.17 bits per heavy atom. The molecule has 2 heterocycles. The Morgan fingerprint density at radius 3 is 2.91 bits per heavy atom. The quantitative estimate of drug-likeness (QED) is 0.687. The van der Waals surface area contributed by atoms with Gasteiger partial charge in [0.05, 0.1) is 6.54 Å². The average molecular weight is 370 g/mol. The van der Waals surface area contributed by atoms with Gasteiger partial charge in [-0.2, -0.15) is 0 Å². The summed E-state index contributed by atoms with van der Waals surface area (Å²) in [4.78, 5) is 2.32. The van der Waals surface area contributed by atoms with Crippen LogP contribution in [0, 0.1) is 6.92 Å². The van der Waals surface area contributed by atoms with Crippen LogP contribution in [-0.2, 0) is 13.0 Å². The molecule has 0 saturated heterocycles. The maximum atomic E-state index is 5.86. The van der Waals surface area contributed by atoms with Gasteiger partial charge in [-0.25, -0.2) is 0 Å². The second kappa shape index (κ2) is 5.81. The Hall–Kier alpha value is -2.14. The van der Waals surface area contributed by atoms with Gasteiger partial charge >= 0.3 is 0 Å². The number of halogens is 1. The van der Waals surface area contributed by atoms with Crippen molar-refractivity contribution in [3.63, 3.8) is 0 Å². The van der Waals surface area contributed by atoms with Crippen molar-refractivity contribution < 1.29 is 4.42 Å². The summed E-state index contributed by atoms with van der Waals surface area (Å²) in [6.07, 6.45) is 1.07. The summed E-state index contributed by atoms with van der Waals surface area (Å²) in [5.74, 6) is 1.21. The van der Waals surface area contributed by atoms with Crippen LogP contribution in [0.3, 0.4) is 0 Å². The van der Waals surface area contributed by atoms with E-state index in [0.717, 1.165) is 23.0 Å². The van der Waals surface area contributed by atoms with Crippen LogP contribution >= 0.6 is 15.9 Å². The zero-order valence-electron chi connectivity index (χ0n) is 12.8. The Bertz CT molecular complexity index is 859. The monoisotopic (exact) mass is 369 g/mol. The van der Waals surface area contributed by atoms with Crippen molar-refractivity contribution in [1.29, 1.82) is 0 Å². The molecule has 1 aromatic heterocycles. The Balaban J connectivity index is 1.58. The van der Waals surface area contributed by atoms with Crippen LogP contribution in [0.2, 0.25) is 0 Å². The predicted molar refractivity (Wildman–Crippen MR) is 93.4 cm³/mol. The fraction of sp³-hybridized carbons (Fsp3) is 0.222. The van der Waals surface area contributed by atoms with Crippen molar-refractivity contribution >= 4 is 21.6 Å². The van der Waals surface area contributed by atoms with Gasteiger partial charge in [0.25, 0.3) is 0 Å². The molecule has 1 aliphatic heterocycles. The number of hydrogen-bond donors (Lipinski definition) is 0. The maximum absolute atomic E-state index is 5.86. The van der Waals surface area contributed by atoms with E-state index in [1.54, 1.807) is 0 Å². The minimum atomic E-state index is 0.561. The number of rotatable bonds is 3. The lowest BCUT2D eigenvalue weighted by molar-refractivity contribution is 0.500. The highest BCUT2D eigenvalue weighted by Gasteiger charge is 2.22. The number of hydrogen-bond acceptors (Lipinski definition) is 4. The zero-order chi connectivity index (χ0) is 15.8. The zero-order valence-corrected chi connectivity index (χ0v) is 14.4. The molecule has 0 radical (unpaired) electrons. The first kappa shape index (κ1) is 14.5. The number of aromatic nitrogens is 2. The standard InChI is InChI=1S/C18H16BrN3O/c1-12-4-2-5-13-8-9-22(17(12)13)11-16-20-21-18(23-16)14-6-3-7-15(19)10-14/h2-7,10H,8-9,11H2,1H3. The summed E-state index contributed by atoms with van der Waals surface area (Å²) in [7, 11) is 0. The molecule has 5 heteroatoms. The fourth-order valence-electron chi connectivity index (χ4n) is 3.12. The van der Waals surface area contributed by atoms with E-state index in [2.05, 4.69) is 56.2 Å². The molecule has 0 unspecified atom stereocenters. The van der Waals surface area contributed by atoms with E-state index >= 15 is 0 Å². The van der Waals surface area contributed by atoms with Gasteiger partial charge in [0.1, 0.15) is 0 Å². The molecule has 23 heavy (non-hydrogen) atoms. The van der Waals surface area contributed by atoms with Crippen LogP contribution in [0.1, 0.15) is 17.0 Å². The van der Waals surface area contributed by atoms with Gasteiger partial charge in [-0.15, -0.1) is 10.2 Å². The van der Waals surface area contributed by atoms with Gasteiger partial charge in [0, 0.05) is 22.3 Å². The first-order valence-electron chi connectivity index (χ1n) is 7.62. The number of aryl methyl sites for hydroxylation is 1. The van der Waals surface area contributed by atoms with Gasteiger partial charge < -0.3 is 9.32 Å². The van der Waals surface area contributed by atoms with Gasteiger partial charge in [-0.1, -0.05) is 40.2 Å². The van der Waals surface area contributed by atoms with Crippen molar-refractivity contribution in [1.82, 2.24) is 10.2 Å². The molecule has 0 amide bonds. The number of para-hydroxylation sites is 1. The molecule has 0 saturated carbocycles. The SMILES string of the molecule is Cc1cccc2c1N(Cc1nnc(-c3cccc(Br)c3)o1)CC2. The van der Waals surface area contributed by atoms with Crippen LogP contribution < -0.4 is 4.90 Å². The average Bonchev–Trinajstić information content (AvgIpc) is 3.16. The Kier molecular flexibility index (Phi) is 3.65. The van der Waals surface area contributed by atoms with Gasteiger partial charge in [-0.3, -0.25) is 0 Å². The van der Waals surface area contributed by atoms with Crippen molar-refractivity contribution in [2.24, 2.45) is 0 Å². The third kappa shape index (κ3) is 2.77. The summed E-state index contributed by atoms with van der Waals surface area (Å²) >= 11 is 3.47. The van der Waals surface area contributed by atoms with Gasteiger partial charge in [0.15, 0.2) is 0 Å². The summed E-state index contributed by atoms with van der Waals surface area (Å²) in [6.45, 7) is 3.80. The molecule has 2 aromatic carbocycles. The lowest BCUT2D eigenvalue weighted by atomic mass is 10.1. The molecule has 4 rings (SSSR count). The fourth-order valence-corrected chi connectivity index (χ4v) is 3.52. The Morgan fingerprint density at radius 2 is 2.04 bits per heavy atom. The number of nitrogens with zero attached hydrogens (tertiary/aromatic N) is 3. The van der Waals surface area contributed by atoms with E-state index < -0.39 is 0 Å². The van der Waals surface area contributed by atoms with E-state index in [0.29, 0.717) is 18.3 Å². The molecular weight excluding hydrogens is 354 g/mol. The van der Waals surface area contributed by atoms with Gasteiger partial charge in [0.2, 0.25) is 11.8 Å². The lowest BCUT2D eigenvalue weighted by Crippen LogP contribution is -2.20. The lowest BCUT2D eigenvalue weighted by Gasteiger charge is -2.19. The minimum Gasteiger partial charge on any atom is -0.419 e. The molecule has 0 aliphatic carbocycles. The molecular formula is C18H16BrN3O. The largest absolute Gasteiger partial charge is 0.419 e. The molecule has 116 valence electrons. The number of benzene rings is 2. The normalized spacial score (nSPS) is 13.4. The van der Waals surface area contributed by atoms with Crippen molar-refractivity contribution in [3.8, 4) is 11.5 Å². The predicted octanol–water partition coefficient (Wildman–Crippen LogP) is 4.37. The molecule has 0 bridgehead atoms. The van der Waals surface area contributed by atoms with Crippen molar-refractivity contribution in [3.05, 3.63) is 64.0 Å². The van der Waals surface area contributed by atoms with Crippen LogP contribution in [0.25, 0.3) is 11.5 Å². The van der Waals surface area contributed by atoms with Crippen molar-refractivity contribution in [2.75, 3.05) is 11.4 Å². The van der Waals surface area contributed by atoms with Crippen molar-refractivity contribution in [2.45, 2.75) is 19.9 Å².